The van der Waals surface area contributed by atoms with Crippen molar-refractivity contribution in [3.63, 3.8) is 0 Å². The van der Waals surface area contributed by atoms with E-state index < -0.39 is 0 Å². The van der Waals surface area contributed by atoms with Crippen molar-refractivity contribution >= 4 is 23.3 Å². The van der Waals surface area contributed by atoms with E-state index in [9.17, 15) is 4.79 Å². The molecule has 15 heavy (non-hydrogen) atoms. The van der Waals surface area contributed by atoms with Gasteiger partial charge in [0.2, 0.25) is 11.2 Å². The van der Waals surface area contributed by atoms with Gasteiger partial charge in [-0.25, -0.2) is 9.97 Å². The van der Waals surface area contributed by atoms with Crippen LogP contribution in [0.5, 0.6) is 0 Å². The first-order valence-corrected chi connectivity index (χ1v) is 5.16. The molecular formula is C10H12ClN3O. The van der Waals surface area contributed by atoms with E-state index in [2.05, 4.69) is 29.1 Å². The molecule has 1 heterocycles. The summed E-state index contributed by atoms with van der Waals surface area (Å²) >= 11 is 5.61. The molecule has 0 aromatic carbocycles. The summed E-state index contributed by atoms with van der Waals surface area (Å²) in [6.07, 6.45) is 2.45. The van der Waals surface area contributed by atoms with Crippen LogP contribution < -0.4 is 5.32 Å². The van der Waals surface area contributed by atoms with Crippen molar-refractivity contribution in [3.8, 4) is 0 Å². The Morgan fingerprint density at radius 3 is 2.87 bits per heavy atom. The monoisotopic (exact) mass is 225 g/mol. The molecule has 2 rings (SSSR count). The lowest BCUT2D eigenvalue weighted by Gasteiger charge is -2.05. The molecule has 0 saturated heterocycles. The standard InChI is InChI=1S/C10H12ClN3O/c1-10(2)5-6(10)8(15)13-7-3-4-12-9(11)14-7/h3-4,6H,5H2,1-2H3,(H,12,13,14,15). The molecule has 1 aromatic heterocycles. The number of halogens is 1. The Morgan fingerprint density at radius 1 is 1.67 bits per heavy atom. The van der Waals surface area contributed by atoms with Crippen LogP contribution in [0.2, 0.25) is 5.28 Å². The normalized spacial score (nSPS) is 22.2. The zero-order valence-electron chi connectivity index (χ0n) is 8.62. The number of aromatic nitrogens is 2. The number of anilines is 1. The third kappa shape index (κ3) is 2.26. The van der Waals surface area contributed by atoms with Gasteiger partial charge < -0.3 is 5.32 Å². The lowest BCUT2D eigenvalue weighted by Crippen LogP contribution is -2.17. The third-order valence-electron chi connectivity index (χ3n) is 2.71. The molecule has 0 radical (unpaired) electrons. The van der Waals surface area contributed by atoms with E-state index in [0.717, 1.165) is 6.42 Å². The maximum Gasteiger partial charge on any atom is 0.229 e. The number of carbonyl (C=O) groups excluding carboxylic acids is 1. The zero-order valence-corrected chi connectivity index (χ0v) is 9.38. The van der Waals surface area contributed by atoms with Gasteiger partial charge in [-0.15, -0.1) is 0 Å². The molecule has 1 saturated carbocycles. The van der Waals surface area contributed by atoms with E-state index in [1.165, 1.54) is 6.20 Å². The summed E-state index contributed by atoms with van der Waals surface area (Å²) in [5.74, 6) is 0.559. The van der Waals surface area contributed by atoms with Crippen molar-refractivity contribution in [1.29, 1.82) is 0 Å². The molecule has 5 heteroatoms. The quantitative estimate of drug-likeness (QED) is 0.785. The molecule has 0 bridgehead atoms. The molecule has 1 unspecified atom stereocenters. The van der Waals surface area contributed by atoms with Crippen LogP contribution in [-0.2, 0) is 4.79 Å². The lowest BCUT2D eigenvalue weighted by molar-refractivity contribution is -0.118. The van der Waals surface area contributed by atoms with Crippen LogP contribution >= 0.6 is 11.6 Å². The predicted octanol–water partition coefficient (Wildman–Crippen LogP) is 2.11. The summed E-state index contributed by atoms with van der Waals surface area (Å²) in [6, 6.07) is 1.62. The molecule has 1 aromatic rings. The smallest absolute Gasteiger partial charge is 0.229 e. The summed E-state index contributed by atoms with van der Waals surface area (Å²) in [5, 5.41) is 2.87. The maximum atomic E-state index is 11.7. The summed E-state index contributed by atoms with van der Waals surface area (Å²) in [4.78, 5) is 19.3. The first kappa shape index (κ1) is 10.4. The first-order valence-electron chi connectivity index (χ1n) is 4.78. The average Bonchev–Trinajstić information content (AvgIpc) is 2.75. The van der Waals surface area contributed by atoms with Crippen molar-refractivity contribution < 1.29 is 4.79 Å². The van der Waals surface area contributed by atoms with Crippen LogP contribution in [0.15, 0.2) is 12.3 Å². The van der Waals surface area contributed by atoms with E-state index in [-0.39, 0.29) is 22.5 Å². The van der Waals surface area contributed by atoms with Gasteiger partial charge in [-0.3, -0.25) is 4.79 Å². The second-order valence-electron chi connectivity index (χ2n) is 4.45. The molecule has 0 spiro atoms. The second kappa shape index (κ2) is 3.45. The number of amides is 1. The van der Waals surface area contributed by atoms with E-state index in [0.29, 0.717) is 5.82 Å². The minimum Gasteiger partial charge on any atom is -0.310 e. The maximum absolute atomic E-state index is 11.7. The van der Waals surface area contributed by atoms with Gasteiger partial charge in [-0.05, 0) is 29.5 Å². The summed E-state index contributed by atoms with van der Waals surface area (Å²) in [5.41, 5.74) is 0.126. The Morgan fingerprint density at radius 2 is 2.33 bits per heavy atom. The fraction of sp³-hybridized carbons (Fsp3) is 0.500. The van der Waals surface area contributed by atoms with Gasteiger partial charge in [0.15, 0.2) is 0 Å². The minimum absolute atomic E-state index is 0.00904. The van der Waals surface area contributed by atoms with Gasteiger partial charge in [-0.1, -0.05) is 13.8 Å². The number of rotatable bonds is 2. The average molecular weight is 226 g/mol. The van der Waals surface area contributed by atoms with E-state index in [4.69, 9.17) is 11.6 Å². The fourth-order valence-electron chi connectivity index (χ4n) is 1.53. The van der Waals surface area contributed by atoms with Gasteiger partial charge in [0.1, 0.15) is 5.82 Å². The van der Waals surface area contributed by atoms with Crippen LogP contribution in [0.1, 0.15) is 20.3 Å². The van der Waals surface area contributed by atoms with Crippen LogP contribution in [0.3, 0.4) is 0 Å². The fourth-order valence-corrected chi connectivity index (χ4v) is 1.68. The highest BCUT2D eigenvalue weighted by Gasteiger charge is 2.50. The predicted molar refractivity (Wildman–Crippen MR) is 57.6 cm³/mol. The molecule has 4 nitrogen and oxygen atoms in total. The van der Waals surface area contributed by atoms with E-state index >= 15 is 0 Å². The van der Waals surface area contributed by atoms with Gasteiger partial charge in [0.05, 0.1) is 0 Å². The first-order chi connectivity index (χ1) is 6.99. The highest BCUT2D eigenvalue weighted by molar-refractivity contribution is 6.28. The van der Waals surface area contributed by atoms with Gasteiger partial charge >= 0.3 is 0 Å². The lowest BCUT2D eigenvalue weighted by atomic mass is 10.1. The van der Waals surface area contributed by atoms with Crippen molar-refractivity contribution in [2.24, 2.45) is 11.3 Å². The topological polar surface area (TPSA) is 54.9 Å². The van der Waals surface area contributed by atoms with Gasteiger partial charge in [-0.2, -0.15) is 0 Å². The molecule has 1 atom stereocenters. The highest BCUT2D eigenvalue weighted by Crippen LogP contribution is 2.51. The third-order valence-corrected chi connectivity index (χ3v) is 2.89. The Balaban J connectivity index is 2.01. The Labute approximate surface area is 93.1 Å². The molecule has 1 aliphatic rings. The SMILES string of the molecule is CC1(C)CC1C(=O)Nc1ccnc(Cl)n1. The molecule has 80 valence electrons. The molecule has 1 amide bonds. The number of hydrogen-bond donors (Lipinski definition) is 1. The Hall–Kier alpha value is -1.16. The van der Waals surface area contributed by atoms with Crippen LogP contribution in [0, 0.1) is 11.3 Å². The van der Waals surface area contributed by atoms with Crippen molar-refractivity contribution in [3.05, 3.63) is 17.5 Å². The summed E-state index contributed by atoms with van der Waals surface area (Å²) in [7, 11) is 0. The number of hydrogen-bond acceptors (Lipinski definition) is 3. The van der Waals surface area contributed by atoms with Crippen molar-refractivity contribution in [1.82, 2.24) is 9.97 Å². The van der Waals surface area contributed by atoms with Gasteiger partial charge in [0.25, 0.3) is 0 Å². The summed E-state index contributed by atoms with van der Waals surface area (Å²) in [6.45, 7) is 4.15. The van der Waals surface area contributed by atoms with E-state index in [1.807, 2.05) is 0 Å². The van der Waals surface area contributed by atoms with Crippen LogP contribution in [-0.4, -0.2) is 15.9 Å². The molecule has 1 fully saturated rings. The largest absolute Gasteiger partial charge is 0.310 e. The second-order valence-corrected chi connectivity index (χ2v) is 4.78. The van der Waals surface area contributed by atoms with Crippen LogP contribution in [0.4, 0.5) is 5.82 Å². The molecular weight excluding hydrogens is 214 g/mol. The number of nitrogens with one attached hydrogen (secondary N) is 1. The molecule has 1 aliphatic carbocycles. The summed E-state index contributed by atoms with van der Waals surface area (Å²) < 4.78 is 0. The van der Waals surface area contributed by atoms with Crippen molar-refractivity contribution in [2.45, 2.75) is 20.3 Å². The van der Waals surface area contributed by atoms with E-state index in [1.54, 1.807) is 6.07 Å². The van der Waals surface area contributed by atoms with Gasteiger partial charge in [0, 0.05) is 12.1 Å². The number of nitrogens with zero attached hydrogens (tertiary/aromatic N) is 2. The van der Waals surface area contributed by atoms with Crippen LogP contribution in [0.25, 0.3) is 0 Å². The number of carbonyl (C=O) groups is 1. The molecule has 1 N–H and O–H groups in total. The van der Waals surface area contributed by atoms with Crippen molar-refractivity contribution in [2.75, 3.05) is 5.32 Å². The Kier molecular flexibility index (Phi) is 2.38. The molecule has 0 aliphatic heterocycles. The Bertz CT molecular complexity index is 405. The minimum atomic E-state index is 0.00904. The highest BCUT2D eigenvalue weighted by atomic mass is 35.5. The zero-order chi connectivity index (χ0) is 11.1.